The maximum atomic E-state index is 12.2. The molecule has 0 radical (unpaired) electrons. The maximum absolute atomic E-state index is 12.2. The van der Waals surface area contributed by atoms with Crippen LogP contribution < -0.4 is 14.8 Å². The number of fused-ring (bicyclic) bond motifs is 1. The van der Waals surface area contributed by atoms with Gasteiger partial charge in [0.2, 0.25) is 17.8 Å². The lowest BCUT2D eigenvalue weighted by molar-refractivity contribution is -0.117. The number of carbonyl (C=O) groups is 1. The van der Waals surface area contributed by atoms with Gasteiger partial charge in [-0.15, -0.1) is 10.2 Å². The van der Waals surface area contributed by atoms with Crippen molar-refractivity contribution in [3.8, 4) is 11.5 Å². The molecule has 7 nitrogen and oxygen atoms in total. The first-order chi connectivity index (χ1) is 11.3. The molecule has 1 aromatic heterocycles. The molecule has 3 heterocycles. The normalized spacial score (nSPS) is 19.9. The number of likely N-dealkylation sites (tertiary alicyclic amines) is 1. The minimum atomic E-state index is -0.0607. The van der Waals surface area contributed by atoms with Crippen LogP contribution in [-0.2, 0) is 4.79 Å². The average molecular weight is 332 g/mol. The summed E-state index contributed by atoms with van der Waals surface area (Å²) in [6.45, 7) is 1.53. The van der Waals surface area contributed by atoms with Gasteiger partial charge in [0.05, 0.1) is 6.54 Å². The van der Waals surface area contributed by atoms with Crippen LogP contribution in [0.3, 0.4) is 0 Å². The molecule has 2 aliphatic rings. The van der Waals surface area contributed by atoms with Crippen molar-refractivity contribution in [3.05, 3.63) is 29.3 Å². The Morgan fingerprint density at radius 1 is 1.39 bits per heavy atom. The molecular weight excluding hydrogens is 316 g/mol. The summed E-state index contributed by atoms with van der Waals surface area (Å²) in [7, 11) is 0. The van der Waals surface area contributed by atoms with Gasteiger partial charge in [0.1, 0.15) is 5.51 Å². The van der Waals surface area contributed by atoms with Crippen molar-refractivity contribution >= 4 is 22.4 Å². The lowest BCUT2D eigenvalue weighted by Crippen LogP contribution is -2.32. The van der Waals surface area contributed by atoms with Crippen molar-refractivity contribution in [2.24, 2.45) is 0 Å². The number of aromatic nitrogens is 2. The summed E-state index contributed by atoms with van der Waals surface area (Å²) in [6, 6.07) is 6.24. The summed E-state index contributed by atoms with van der Waals surface area (Å²) in [5, 5.41) is 10.9. The van der Waals surface area contributed by atoms with Gasteiger partial charge >= 0.3 is 0 Å². The quantitative estimate of drug-likeness (QED) is 0.923. The van der Waals surface area contributed by atoms with E-state index in [0.717, 1.165) is 36.4 Å². The van der Waals surface area contributed by atoms with Crippen LogP contribution in [0.4, 0.5) is 5.13 Å². The summed E-state index contributed by atoms with van der Waals surface area (Å²) in [6.07, 6.45) is 2.11. The van der Waals surface area contributed by atoms with Crippen molar-refractivity contribution < 1.29 is 14.3 Å². The monoisotopic (exact) mass is 332 g/mol. The third kappa shape index (κ3) is 2.99. The second kappa shape index (κ2) is 6.13. The molecule has 23 heavy (non-hydrogen) atoms. The van der Waals surface area contributed by atoms with Crippen LogP contribution in [0, 0.1) is 0 Å². The number of benzene rings is 1. The zero-order valence-corrected chi connectivity index (χ0v) is 13.2. The first kappa shape index (κ1) is 14.4. The van der Waals surface area contributed by atoms with Gasteiger partial charge in [0.25, 0.3) is 0 Å². The highest BCUT2D eigenvalue weighted by Crippen LogP contribution is 2.38. The summed E-state index contributed by atoms with van der Waals surface area (Å²) >= 11 is 1.32. The highest BCUT2D eigenvalue weighted by atomic mass is 32.1. The predicted octanol–water partition coefficient (Wildman–Crippen LogP) is 2.04. The molecule has 0 bridgehead atoms. The maximum Gasteiger partial charge on any atom is 0.240 e. The Hall–Kier alpha value is -2.19. The Labute approximate surface area is 137 Å². The molecule has 120 valence electrons. The molecule has 1 fully saturated rings. The summed E-state index contributed by atoms with van der Waals surface area (Å²) in [5.41, 5.74) is 2.76. The molecule has 0 aliphatic carbocycles. The highest BCUT2D eigenvalue weighted by molar-refractivity contribution is 7.13. The Morgan fingerprint density at radius 3 is 3.17 bits per heavy atom. The lowest BCUT2D eigenvalue weighted by Gasteiger charge is -2.24. The lowest BCUT2D eigenvalue weighted by atomic mass is 10.0. The van der Waals surface area contributed by atoms with Gasteiger partial charge in [0, 0.05) is 6.04 Å². The number of nitrogens with one attached hydrogen (secondary N) is 1. The van der Waals surface area contributed by atoms with Crippen LogP contribution in [0.2, 0.25) is 0 Å². The molecule has 2 aromatic rings. The van der Waals surface area contributed by atoms with Gasteiger partial charge < -0.3 is 9.47 Å². The Bertz CT molecular complexity index is 707. The van der Waals surface area contributed by atoms with Crippen LogP contribution >= 0.6 is 11.3 Å². The van der Waals surface area contributed by atoms with E-state index in [1.54, 1.807) is 5.51 Å². The number of nitrogens with zero attached hydrogens (tertiary/aromatic N) is 3. The number of hydrogen-bond acceptors (Lipinski definition) is 7. The first-order valence-corrected chi connectivity index (χ1v) is 8.37. The fourth-order valence-electron chi connectivity index (χ4n) is 3.08. The average Bonchev–Trinajstić information content (AvgIpc) is 3.27. The molecule has 1 N–H and O–H groups in total. The van der Waals surface area contributed by atoms with E-state index in [9.17, 15) is 4.79 Å². The first-order valence-electron chi connectivity index (χ1n) is 7.49. The summed E-state index contributed by atoms with van der Waals surface area (Å²) in [5.74, 6) is 1.51. The van der Waals surface area contributed by atoms with Crippen LogP contribution in [0.25, 0.3) is 0 Å². The predicted molar refractivity (Wildman–Crippen MR) is 84.7 cm³/mol. The van der Waals surface area contributed by atoms with Gasteiger partial charge in [-0.2, -0.15) is 0 Å². The molecule has 8 heteroatoms. The van der Waals surface area contributed by atoms with E-state index in [2.05, 4.69) is 26.5 Å². The third-order valence-electron chi connectivity index (χ3n) is 4.10. The molecule has 4 rings (SSSR count). The molecule has 2 aliphatic heterocycles. The molecular formula is C15H16N4O3S. The highest BCUT2D eigenvalue weighted by Gasteiger charge is 2.29. The fraction of sp³-hybridized carbons (Fsp3) is 0.400. The molecule has 1 aromatic carbocycles. The molecule has 1 amide bonds. The number of amides is 1. The van der Waals surface area contributed by atoms with Crippen molar-refractivity contribution in [2.45, 2.75) is 18.9 Å². The van der Waals surface area contributed by atoms with Crippen molar-refractivity contribution in [2.75, 3.05) is 25.2 Å². The fourth-order valence-corrected chi connectivity index (χ4v) is 3.55. The van der Waals surface area contributed by atoms with E-state index in [4.69, 9.17) is 9.47 Å². The van der Waals surface area contributed by atoms with E-state index in [1.807, 2.05) is 12.1 Å². The zero-order valence-electron chi connectivity index (χ0n) is 12.4. The van der Waals surface area contributed by atoms with Crippen LogP contribution in [0.15, 0.2) is 23.7 Å². The van der Waals surface area contributed by atoms with Gasteiger partial charge in [-0.3, -0.25) is 15.0 Å². The zero-order chi connectivity index (χ0) is 15.6. The second-order valence-corrected chi connectivity index (χ2v) is 6.37. The number of rotatable bonds is 4. The number of ether oxygens (including phenoxy) is 2. The number of hydrogen-bond donors (Lipinski definition) is 1. The Morgan fingerprint density at radius 2 is 2.30 bits per heavy atom. The SMILES string of the molecule is O=C(CN1CCC[C@H]1c1ccc2c(c1)OCO2)Nc1nncs1. The van der Waals surface area contributed by atoms with Crippen molar-refractivity contribution in [3.63, 3.8) is 0 Å². The Balaban J connectivity index is 1.45. The van der Waals surface area contributed by atoms with E-state index in [1.165, 1.54) is 11.3 Å². The van der Waals surface area contributed by atoms with Gasteiger partial charge in [-0.25, -0.2) is 0 Å². The second-order valence-electron chi connectivity index (χ2n) is 5.53. The summed E-state index contributed by atoms with van der Waals surface area (Å²) in [4.78, 5) is 14.4. The van der Waals surface area contributed by atoms with Crippen molar-refractivity contribution in [1.82, 2.24) is 15.1 Å². The minimum Gasteiger partial charge on any atom is -0.454 e. The van der Waals surface area contributed by atoms with Crippen LogP contribution in [0.1, 0.15) is 24.4 Å². The molecule has 1 saturated heterocycles. The summed E-state index contributed by atoms with van der Waals surface area (Å²) < 4.78 is 10.8. The van der Waals surface area contributed by atoms with E-state index >= 15 is 0 Å². The number of anilines is 1. The molecule has 0 saturated carbocycles. The van der Waals surface area contributed by atoms with Gasteiger partial charge in [0.15, 0.2) is 11.5 Å². The van der Waals surface area contributed by atoms with Crippen LogP contribution in [0.5, 0.6) is 11.5 Å². The smallest absolute Gasteiger partial charge is 0.240 e. The molecule has 0 spiro atoms. The topological polar surface area (TPSA) is 76.6 Å². The van der Waals surface area contributed by atoms with Crippen LogP contribution in [-0.4, -0.2) is 40.9 Å². The van der Waals surface area contributed by atoms with E-state index < -0.39 is 0 Å². The van der Waals surface area contributed by atoms with E-state index in [0.29, 0.717) is 11.7 Å². The number of carbonyl (C=O) groups excluding carboxylic acids is 1. The van der Waals surface area contributed by atoms with Crippen molar-refractivity contribution in [1.29, 1.82) is 0 Å². The minimum absolute atomic E-state index is 0.0607. The molecule has 1 atom stereocenters. The standard InChI is InChI=1S/C15H16N4O3S/c20-14(17-15-18-16-8-23-15)7-19-5-1-2-11(19)10-3-4-12-13(6-10)22-9-21-12/h3-4,6,8,11H,1-2,5,7,9H2,(H,17,18,20)/t11-/m0/s1. The van der Waals surface area contributed by atoms with Gasteiger partial charge in [-0.1, -0.05) is 17.4 Å². The largest absolute Gasteiger partial charge is 0.454 e. The molecule has 0 unspecified atom stereocenters. The van der Waals surface area contributed by atoms with E-state index in [-0.39, 0.29) is 18.7 Å². The van der Waals surface area contributed by atoms with Gasteiger partial charge in [-0.05, 0) is 37.1 Å². The third-order valence-corrected chi connectivity index (χ3v) is 4.70. The Kier molecular flexibility index (Phi) is 3.84.